The summed E-state index contributed by atoms with van der Waals surface area (Å²) in [6.45, 7) is 1.50. The number of fused-ring (bicyclic) bond motifs is 1. The van der Waals surface area contributed by atoms with Gasteiger partial charge in [-0.05, 0) is 48.4 Å². The number of halogens is 1. The van der Waals surface area contributed by atoms with E-state index in [0.717, 1.165) is 40.9 Å². The van der Waals surface area contributed by atoms with Gasteiger partial charge in [0, 0.05) is 36.1 Å². The molecular formula is C22H20FN5O. The molecule has 3 heterocycles. The number of amides is 1. The highest BCUT2D eigenvalue weighted by atomic mass is 19.1. The Morgan fingerprint density at radius 3 is 2.79 bits per heavy atom. The number of nitrogens with zero attached hydrogens (tertiary/aromatic N) is 2. The van der Waals surface area contributed by atoms with E-state index < -0.39 is 0 Å². The average Bonchev–Trinajstić information content (AvgIpc) is 3.47. The van der Waals surface area contributed by atoms with Gasteiger partial charge in [-0.15, -0.1) is 0 Å². The minimum Gasteiger partial charge on any atom is -0.353 e. The Labute approximate surface area is 166 Å². The molecule has 0 unspecified atom stereocenters. The summed E-state index contributed by atoms with van der Waals surface area (Å²) in [4.78, 5) is 17.9. The molecule has 2 aromatic heterocycles. The van der Waals surface area contributed by atoms with Crippen LogP contribution in [0.25, 0.3) is 22.2 Å². The number of benzene rings is 2. The summed E-state index contributed by atoms with van der Waals surface area (Å²) < 4.78 is 13.1. The van der Waals surface area contributed by atoms with E-state index in [4.69, 9.17) is 0 Å². The molecular weight excluding hydrogens is 369 g/mol. The van der Waals surface area contributed by atoms with Crippen LogP contribution in [-0.2, 0) is 0 Å². The first-order valence-electron chi connectivity index (χ1n) is 9.60. The number of hydrogen-bond donors (Lipinski definition) is 3. The zero-order valence-corrected chi connectivity index (χ0v) is 15.7. The first-order valence-corrected chi connectivity index (χ1v) is 9.60. The summed E-state index contributed by atoms with van der Waals surface area (Å²) in [5.74, 6) is 0.468. The highest BCUT2D eigenvalue weighted by Gasteiger charge is 2.26. The van der Waals surface area contributed by atoms with Crippen molar-refractivity contribution in [2.75, 3.05) is 18.0 Å². The van der Waals surface area contributed by atoms with Crippen LogP contribution in [0.4, 0.5) is 10.2 Å². The Morgan fingerprint density at radius 1 is 1.14 bits per heavy atom. The minimum atomic E-state index is -0.262. The molecule has 146 valence electrons. The summed E-state index contributed by atoms with van der Waals surface area (Å²) in [6, 6.07) is 18.0. The van der Waals surface area contributed by atoms with Crippen LogP contribution in [-0.4, -0.2) is 40.2 Å². The van der Waals surface area contributed by atoms with Crippen molar-refractivity contribution < 1.29 is 9.18 Å². The third-order valence-electron chi connectivity index (χ3n) is 5.34. The van der Waals surface area contributed by atoms with E-state index in [2.05, 4.69) is 25.4 Å². The largest absolute Gasteiger partial charge is 0.353 e. The van der Waals surface area contributed by atoms with Gasteiger partial charge in [0.2, 0.25) is 0 Å². The molecule has 2 aromatic carbocycles. The van der Waals surface area contributed by atoms with Crippen molar-refractivity contribution in [1.82, 2.24) is 20.5 Å². The SMILES string of the molecule is O=C(N[C@H]1CCN(c2cc(-c3ccc(F)cc3)[nH]n2)C1)c1cc2ccccc2[nH]1. The highest BCUT2D eigenvalue weighted by Crippen LogP contribution is 2.25. The van der Waals surface area contributed by atoms with Crippen LogP contribution in [0, 0.1) is 5.82 Å². The molecule has 1 saturated heterocycles. The zero-order chi connectivity index (χ0) is 19.8. The van der Waals surface area contributed by atoms with Crippen molar-refractivity contribution >= 4 is 22.6 Å². The van der Waals surface area contributed by atoms with E-state index in [1.165, 1.54) is 12.1 Å². The fraction of sp³-hybridized carbons (Fsp3) is 0.182. The first kappa shape index (κ1) is 17.5. The normalized spacial score (nSPS) is 16.4. The molecule has 6 nitrogen and oxygen atoms in total. The average molecular weight is 389 g/mol. The number of carbonyl (C=O) groups excluding carboxylic acids is 1. The Morgan fingerprint density at radius 2 is 1.97 bits per heavy atom. The van der Waals surface area contributed by atoms with Crippen molar-refractivity contribution in [1.29, 1.82) is 0 Å². The Bertz CT molecular complexity index is 1130. The molecule has 0 bridgehead atoms. The summed E-state index contributed by atoms with van der Waals surface area (Å²) >= 11 is 0. The smallest absolute Gasteiger partial charge is 0.268 e. The maximum atomic E-state index is 13.1. The van der Waals surface area contributed by atoms with Gasteiger partial charge in [-0.2, -0.15) is 5.10 Å². The lowest BCUT2D eigenvalue weighted by Crippen LogP contribution is -2.37. The lowest BCUT2D eigenvalue weighted by Gasteiger charge is -2.15. The maximum absolute atomic E-state index is 13.1. The van der Waals surface area contributed by atoms with E-state index in [9.17, 15) is 9.18 Å². The lowest BCUT2D eigenvalue weighted by atomic mass is 10.1. The van der Waals surface area contributed by atoms with E-state index in [-0.39, 0.29) is 17.8 Å². The number of para-hydroxylation sites is 1. The molecule has 0 aliphatic carbocycles. The Kier molecular flexibility index (Phi) is 4.27. The number of nitrogens with one attached hydrogen (secondary N) is 3. The molecule has 1 atom stereocenters. The molecule has 3 N–H and O–H groups in total. The second-order valence-electron chi connectivity index (χ2n) is 7.32. The highest BCUT2D eigenvalue weighted by molar-refractivity contribution is 5.98. The number of carbonyl (C=O) groups is 1. The van der Waals surface area contributed by atoms with E-state index in [1.807, 2.05) is 36.4 Å². The van der Waals surface area contributed by atoms with Gasteiger partial charge >= 0.3 is 0 Å². The second kappa shape index (κ2) is 7.09. The molecule has 7 heteroatoms. The van der Waals surface area contributed by atoms with Crippen molar-refractivity contribution in [2.24, 2.45) is 0 Å². The van der Waals surface area contributed by atoms with E-state index in [0.29, 0.717) is 12.2 Å². The monoisotopic (exact) mass is 389 g/mol. The van der Waals surface area contributed by atoms with E-state index in [1.54, 1.807) is 12.1 Å². The summed E-state index contributed by atoms with van der Waals surface area (Å²) in [6.07, 6.45) is 0.852. The zero-order valence-electron chi connectivity index (χ0n) is 15.7. The molecule has 0 saturated carbocycles. The van der Waals surface area contributed by atoms with Gasteiger partial charge < -0.3 is 15.2 Å². The van der Waals surface area contributed by atoms with Gasteiger partial charge in [-0.25, -0.2) is 4.39 Å². The fourth-order valence-corrected chi connectivity index (χ4v) is 3.80. The number of hydrogen-bond acceptors (Lipinski definition) is 3. The van der Waals surface area contributed by atoms with Crippen LogP contribution in [0.5, 0.6) is 0 Å². The van der Waals surface area contributed by atoms with Crippen LogP contribution in [0.1, 0.15) is 16.9 Å². The molecule has 1 aliphatic heterocycles. The lowest BCUT2D eigenvalue weighted by molar-refractivity contribution is 0.0936. The van der Waals surface area contributed by atoms with Gasteiger partial charge in [-0.1, -0.05) is 18.2 Å². The third-order valence-corrected chi connectivity index (χ3v) is 5.34. The van der Waals surface area contributed by atoms with Gasteiger partial charge in [0.05, 0.1) is 5.69 Å². The van der Waals surface area contributed by atoms with Gasteiger partial charge in [0.1, 0.15) is 11.5 Å². The molecule has 1 amide bonds. The van der Waals surface area contributed by atoms with Crippen molar-refractivity contribution in [2.45, 2.75) is 12.5 Å². The van der Waals surface area contributed by atoms with Crippen LogP contribution in [0.2, 0.25) is 0 Å². The molecule has 29 heavy (non-hydrogen) atoms. The maximum Gasteiger partial charge on any atom is 0.268 e. The molecule has 5 rings (SSSR count). The fourth-order valence-electron chi connectivity index (χ4n) is 3.80. The van der Waals surface area contributed by atoms with Crippen LogP contribution >= 0.6 is 0 Å². The number of aromatic nitrogens is 3. The number of anilines is 1. The predicted octanol–water partition coefficient (Wildman–Crippen LogP) is 3.71. The van der Waals surface area contributed by atoms with Gasteiger partial charge in [0.15, 0.2) is 5.82 Å². The number of aromatic amines is 2. The second-order valence-corrected chi connectivity index (χ2v) is 7.32. The molecule has 1 aliphatic rings. The standard InChI is InChI=1S/C22H20FN5O/c23-16-7-5-14(6-8-16)19-12-21(27-26-19)28-10-9-17(13-28)24-22(29)20-11-15-3-1-2-4-18(15)25-20/h1-8,11-12,17,25H,9-10,13H2,(H,24,29)(H,26,27)/t17-/m0/s1. The molecule has 0 radical (unpaired) electrons. The van der Waals surface area contributed by atoms with E-state index >= 15 is 0 Å². The Hall–Kier alpha value is -3.61. The van der Waals surface area contributed by atoms with Crippen LogP contribution < -0.4 is 10.2 Å². The van der Waals surface area contributed by atoms with Gasteiger partial charge in [0.25, 0.3) is 5.91 Å². The third kappa shape index (κ3) is 3.47. The minimum absolute atomic E-state index is 0.0554. The molecule has 1 fully saturated rings. The quantitative estimate of drug-likeness (QED) is 0.498. The Balaban J connectivity index is 1.24. The summed E-state index contributed by atoms with van der Waals surface area (Å²) in [5.41, 5.74) is 3.25. The predicted molar refractivity (Wildman–Crippen MR) is 110 cm³/mol. The number of rotatable bonds is 4. The first-order chi connectivity index (χ1) is 14.2. The van der Waals surface area contributed by atoms with Gasteiger partial charge in [-0.3, -0.25) is 9.89 Å². The van der Waals surface area contributed by atoms with Crippen molar-refractivity contribution in [3.63, 3.8) is 0 Å². The van der Waals surface area contributed by atoms with Crippen molar-refractivity contribution in [3.05, 3.63) is 72.2 Å². The van der Waals surface area contributed by atoms with Crippen LogP contribution in [0.3, 0.4) is 0 Å². The summed E-state index contributed by atoms with van der Waals surface area (Å²) in [7, 11) is 0. The summed E-state index contributed by atoms with van der Waals surface area (Å²) in [5, 5.41) is 11.5. The van der Waals surface area contributed by atoms with Crippen molar-refractivity contribution in [3.8, 4) is 11.3 Å². The number of H-pyrrole nitrogens is 2. The molecule has 0 spiro atoms. The molecule has 4 aromatic rings. The topological polar surface area (TPSA) is 76.8 Å². The van der Waals surface area contributed by atoms with Crippen LogP contribution in [0.15, 0.2) is 60.7 Å².